The van der Waals surface area contributed by atoms with Crippen molar-refractivity contribution >= 4 is 0 Å². The third kappa shape index (κ3) is 3.95. The quantitative estimate of drug-likeness (QED) is 0.741. The Morgan fingerprint density at radius 1 is 1.16 bits per heavy atom. The first kappa shape index (κ1) is 15.3. The lowest BCUT2D eigenvalue weighted by Gasteiger charge is -2.44. The third-order valence-corrected chi connectivity index (χ3v) is 5.37. The van der Waals surface area contributed by atoms with Gasteiger partial charge < -0.3 is 5.73 Å². The van der Waals surface area contributed by atoms with Crippen molar-refractivity contribution in [1.29, 1.82) is 0 Å². The van der Waals surface area contributed by atoms with Crippen LogP contribution in [-0.4, -0.2) is 29.6 Å². The van der Waals surface area contributed by atoms with E-state index in [1.807, 2.05) is 0 Å². The predicted molar refractivity (Wildman–Crippen MR) is 83.2 cm³/mol. The van der Waals surface area contributed by atoms with Crippen LogP contribution < -0.4 is 5.73 Å². The molecule has 2 aliphatic rings. The van der Waals surface area contributed by atoms with E-state index < -0.39 is 0 Å². The topological polar surface area (TPSA) is 29.3 Å². The van der Waals surface area contributed by atoms with Gasteiger partial charge in [-0.05, 0) is 56.9 Å². The summed E-state index contributed by atoms with van der Waals surface area (Å²) in [7, 11) is 0. The van der Waals surface area contributed by atoms with E-state index in [2.05, 4.69) is 25.7 Å². The maximum absolute atomic E-state index is 6.28. The summed E-state index contributed by atoms with van der Waals surface area (Å²) < 4.78 is 0. The van der Waals surface area contributed by atoms with Crippen LogP contribution in [0.5, 0.6) is 0 Å². The van der Waals surface area contributed by atoms with Crippen LogP contribution in [0.15, 0.2) is 0 Å². The molecule has 2 N–H and O–H groups in total. The standard InChI is InChI=1S/C17H34N2/c1-14(2)9-12-19(16-6-7-16)17(13-18)10-4-5-15(3)8-11-17/h14-16H,4-13,18H2,1-3H3. The van der Waals surface area contributed by atoms with Gasteiger partial charge in [-0.2, -0.15) is 0 Å². The molecule has 0 aromatic carbocycles. The summed E-state index contributed by atoms with van der Waals surface area (Å²) in [6.45, 7) is 9.25. The van der Waals surface area contributed by atoms with E-state index in [4.69, 9.17) is 5.73 Å². The maximum Gasteiger partial charge on any atom is 0.0334 e. The zero-order valence-corrected chi connectivity index (χ0v) is 13.3. The zero-order valence-electron chi connectivity index (χ0n) is 13.3. The highest BCUT2D eigenvalue weighted by Crippen LogP contribution is 2.41. The fraction of sp³-hybridized carbons (Fsp3) is 1.00. The largest absolute Gasteiger partial charge is 0.329 e. The first-order valence-corrected chi connectivity index (χ1v) is 8.54. The van der Waals surface area contributed by atoms with Gasteiger partial charge in [0.15, 0.2) is 0 Å². The Balaban J connectivity index is 2.06. The second-order valence-corrected chi connectivity index (χ2v) is 7.57. The second-order valence-electron chi connectivity index (χ2n) is 7.57. The van der Waals surface area contributed by atoms with Gasteiger partial charge in [0, 0.05) is 18.1 Å². The minimum Gasteiger partial charge on any atom is -0.329 e. The number of nitrogens with zero attached hydrogens (tertiary/aromatic N) is 1. The molecule has 0 radical (unpaired) electrons. The Kier molecular flexibility index (Phi) is 5.30. The number of rotatable bonds is 6. The number of hydrogen-bond acceptors (Lipinski definition) is 2. The maximum atomic E-state index is 6.28. The molecule has 2 heteroatoms. The molecule has 0 aromatic heterocycles. The van der Waals surface area contributed by atoms with Gasteiger partial charge in [0.2, 0.25) is 0 Å². The van der Waals surface area contributed by atoms with Crippen molar-refractivity contribution in [2.24, 2.45) is 17.6 Å². The van der Waals surface area contributed by atoms with Gasteiger partial charge in [0.25, 0.3) is 0 Å². The van der Waals surface area contributed by atoms with E-state index in [9.17, 15) is 0 Å². The third-order valence-electron chi connectivity index (χ3n) is 5.37. The van der Waals surface area contributed by atoms with Crippen LogP contribution in [0.25, 0.3) is 0 Å². The van der Waals surface area contributed by atoms with E-state index in [0.29, 0.717) is 5.54 Å². The van der Waals surface area contributed by atoms with Crippen molar-refractivity contribution in [2.45, 2.75) is 83.7 Å². The van der Waals surface area contributed by atoms with Gasteiger partial charge in [0.05, 0.1) is 0 Å². The highest BCUT2D eigenvalue weighted by atomic mass is 15.3. The molecule has 2 nitrogen and oxygen atoms in total. The molecule has 2 saturated carbocycles. The molecule has 0 amide bonds. The molecule has 0 aromatic rings. The van der Waals surface area contributed by atoms with Crippen molar-refractivity contribution in [1.82, 2.24) is 4.90 Å². The van der Waals surface area contributed by atoms with E-state index in [-0.39, 0.29) is 0 Å². The van der Waals surface area contributed by atoms with Crippen LogP contribution in [0.4, 0.5) is 0 Å². The summed E-state index contributed by atoms with van der Waals surface area (Å²) in [5.41, 5.74) is 6.62. The molecule has 0 heterocycles. The molecule has 2 rings (SSSR count). The van der Waals surface area contributed by atoms with Crippen molar-refractivity contribution < 1.29 is 0 Å². The van der Waals surface area contributed by atoms with E-state index in [1.54, 1.807) is 0 Å². The lowest BCUT2D eigenvalue weighted by atomic mass is 9.87. The summed E-state index contributed by atoms with van der Waals surface area (Å²) >= 11 is 0. The molecule has 0 spiro atoms. The molecular weight excluding hydrogens is 232 g/mol. The first-order valence-electron chi connectivity index (χ1n) is 8.54. The molecule has 0 aliphatic heterocycles. The predicted octanol–water partition coefficient (Wildman–Crippen LogP) is 3.79. The van der Waals surface area contributed by atoms with Gasteiger partial charge in [-0.3, -0.25) is 4.90 Å². The molecule has 112 valence electrons. The number of nitrogens with two attached hydrogens (primary N) is 1. The SMILES string of the molecule is CC(C)CCN(C1CC1)C1(CN)CCCC(C)CC1. The van der Waals surface area contributed by atoms with Crippen LogP contribution in [0.3, 0.4) is 0 Å². The molecular formula is C17H34N2. The monoisotopic (exact) mass is 266 g/mol. The Bertz CT molecular complexity index is 272. The van der Waals surface area contributed by atoms with Crippen LogP contribution in [0.1, 0.15) is 72.1 Å². The highest BCUT2D eigenvalue weighted by Gasteiger charge is 2.43. The minimum absolute atomic E-state index is 0.334. The average Bonchev–Trinajstić information content (AvgIpc) is 3.19. The van der Waals surface area contributed by atoms with Crippen LogP contribution >= 0.6 is 0 Å². The fourth-order valence-electron chi connectivity index (χ4n) is 3.76. The summed E-state index contributed by atoms with van der Waals surface area (Å²) in [5, 5.41) is 0. The summed E-state index contributed by atoms with van der Waals surface area (Å²) in [6, 6.07) is 0.857. The molecule has 2 unspecified atom stereocenters. The second kappa shape index (κ2) is 6.58. The highest BCUT2D eigenvalue weighted by molar-refractivity contribution is 5.00. The Labute approximate surface area is 120 Å². The lowest BCUT2D eigenvalue weighted by molar-refractivity contribution is 0.0636. The van der Waals surface area contributed by atoms with Crippen LogP contribution in [-0.2, 0) is 0 Å². The average molecular weight is 266 g/mol. The van der Waals surface area contributed by atoms with Gasteiger partial charge in [-0.25, -0.2) is 0 Å². The Morgan fingerprint density at radius 3 is 2.47 bits per heavy atom. The van der Waals surface area contributed by atoms with Crippen molar-refractivity contribution in [3.05, 3.63) is 0 Å². The molecule has 19 heavy (non-hydrogen) atoms. The fourth-order valence-corrected chi connectivity index (χ4v) is 3.76. The van der Waals surface area contributed by atoms with Gasteiger partial charge in [-0.15, -0.1) is 0 Å². The van der Waals surface area contributed by atoms with Crippen molar-refractivity contribution in [2.75, 3.05) is 13.1 Å². The molecule has 0 bridgehead atoms. The zero-order chi connectivity index (χ0) is 13.9. The van der Waals surface area contributed by atoms with Crippen molar-refractivity contribution in [3.63, 3.8) is 0 Å². The van der Waals surface area contributed by atoms with E-state index >= 15 is 0 Å². The van der Waals surface area contributed by atoms with Crippen LogP contribution in [0.2, 0.25) is 0 Å². The van der Waals surface area contributed by atoms with Gasteiger partial charge in [-0.1, -0.05) is 33.6 Å². The Hall–Kier alpha value is -0.0800. The molecule has 2 fully saturated rings. The summed E-state index contributed by atoms with van der Waals surface area (Å²) in [6.07, 6.45) is 11.0. The molecule has 0 saturated heterocycles. The first-order chi connectivity index (χ1) is 9.07. The van der Waals surface area contributed by atoms with Gasteiger partial charge in [0.1, 0.15) is 0 Å². The van der Waals surface area contributed by atoms with E-state index in [1.165, 1.54) is 57.9 Å². The summed E-state index contributed by atoms with van der Waals surface area (Å²) in [4.78, 5) is 2.84. The molecule has 2 atom stereocenters. The minimum atomic E-state index is 0.334. The van der Waals surface area contributed by atoms with Crippen molar-refractivity contribution in [3.8, 4) is 0 Å². The lowest BCUT2D eigenvalue weighted by Crippen LogP contribution is -2.55. The van der Waals surface area contributed by atoms with Crippen LogP contribution in [0, 0.1) is 11.8 Å². The van der Waals surface area contributed by atoms with Gasteiger partial charge >= 0.3 is 0 Å². The molecule has 2 aliphatic carbocycles. The summed E-state index contributed by atoms with van der Waals surface area (Å²) in [5.74, 6) is 1.71. The smallest absolute Gasteiger partial charge is 0.0334 e. The Morgan fingerprint density at radius 2 is 1.89 bits per heavy atom. The normalized spacial score (nSPS) is 32.8. The van der Waals surface area contributed by atoms with E-state index in [0.717, 1.165) is 24.4 Å². The number of hydrogen-bond donors (Lipinski definition) is 1.